The zero-order valence-corrected chi connectivity index (χ0v) is 11.9. The Balaban J connectivity index is 2.35. The van der Waals surface area contributed by atoms with Crippen molar-refractivity contribution < 1.29 is 17.2 Å². The maximum atomic E-state index is 13.8. The molecule has 1 aromatic carbocycles. The van der Waals surface area contributed by atoms with Gasteiger partial charge >= 0.3 is 0 Å². The molecule has 0 atom stereocenters. The number of nitrogen functional groups attached to an aromatic ring is 1. The van der Waals surface area contributed by atoms with E-state index in [1.807, 2.05) is 0 Å². The molecule has 0 fully saturated rings. The molecule has 0 aliphatic heterocycles. The maximum Gasteiger partial charge on any atom is 0.185 e. The molecule has 1 heterocycles. The van der Waals surface area contributed by atoms with E-state index in [9.17, 15) is 17.2 Å². The molecule has 0 aliphatic carbocycles. The molecular weight excluding hydrogens is 304 g/mol. The Morgan fingerprint density at radius 1 is 1.29 bits per heavy atom. The minimum Gasteiger partial charge on any atom is -0.396 e. The lowest BCUT2D eigenvalue weighted by atomic mass is 10.1. The third kappa shape index (κ3) is 3.32. The second-order valence-corrected chi connectivity index (χ2v) is 6.79. The first-order valence-electron chi connectivity index (χ1n) is 6.05. The molecule has 0 saturated heterocycles. The van der Waals surface area contributed by atoms with Gasteiger partial charge in [-0.2, -0.15) is 0 Å². The topological polar surface area (TPSA) is 104 Å². The van der Waals surface area contributed by atoms with Gasteiger partial charge in [-0.3, -0.25) is 0 Å². The van der Waals surface area contributed by atoms with Crippen LogP contribution in [0, 0.1) is 11.6 Å². The number of tetrazole rings is 1. The molecule has 0 amide bonds. The van der Waals surface area contributed by atoms with Crippen LogP contribution in [0.2, 0.25) is 0 Å². The summed E-state index contributed by atoms with van der Waals surface area (Å²) >= 11 is 0. The highest BCUT2D eigenvalue weighted by Gasteiger charge is 2.17. The summed E-state index contributed by atoms with van der Waals surface area (Å²) in [6.45, 7) is 1.49. The van der Waals surface area contributed by atoms with Gasteiger partial charge in [-0.1, -0.05) is 6.92 Å². The zero-order valence-electron chi connectivity index (χ0n) is 11.1. The number of aromatic nitrogens is 4. The van der Waals surface area contributed by atoms with E-state index in [2.05, 4.69) is 15.5 Å². The van der Waals surface area contributed by atoms with Crippen molar-refractivity contribution in [3.8, 4) is 11.4 Å². The summed E-state index contributed by atoms with van der Waals surface area (Å²) in [6.07, 6.45) is 0. The van der Waals surface area contributed by atoms with Crippen molar-refractivity contribution in [3.05, 3.63) is 23.8 Å². The van der Waals surface area contributed by atoms with E-state index in [0.29, 0.717) is 6.07 Å². The average Bonchev–Trinajstić information content (AvgIpc) is 2.89. The van der Waals surface area contributed by atoms with Crippen LogP contribution in [0.25, 0.3) is 11.4 Å². The Morgan fingerprint density at radius 3 is 2.67 bits per heavy atom. The Kier molecular flexibility index (Phi) is 4.16. The van der Waals surface area contributed by atoms with Crippen LogP contribution in [0.5, 0.6) is 0 Å². The molecular formula is C11H13F2N5O2S. The molecule has 7 nitrogen and oxygen atoms in total. The first kappa shape index (κ1) is 15.3. The van der Waals surface area contributed by atoms with Gasteiger partial charge in [0.1, 0.15) is 11.6 Å². The SMILES string of the molecule is CCS(=O)(=O)CCn1nnnc1-c1cc(N)c(F)cc1F. The number of benzene rings is 1. The standard InChI is InChI=1S/C11H13F2N5O2S/c1-2-21(19,20)4-3-18-11(15-16-17-18)7-5-10(14)9(13)6-8(7)12/h5-6H,2-4,14H2,1H3. The molecule has 114 valence electrons. The Hall–Kier alpha value is -2.10. The number of nitrogens with two attached hydrogens (primary N) is 1. The molecule has 0 unspecified atom stereocenters. The van der Waals surface area contributed by atoms with E-state index in [1.165, 1.54) is 6.92 Å². The lowest BCUT2D eigenvalue weighted by molar-refractivity contribution is 0.573. The second kappa shape index (κ2) is 5.72. The number of rotatable bonds is 5. The van der Waals surface area contributed by atoms with Crippen molar-refractivity contribution in [2.24, 2.45) is 0 Å². The van der Waals surface area contributed by atoms with E-state index >= 15 is 0 Å². The number of halogens is 2. The molecule has 2 N–H and O–H groups in total. The van der Waals surface area contributed by atoms with Gasteiger partial charge in [-0.25, -0.2) is 21.9 Å². The van der Waals surface area contributed by atoms with Gasteiger partial charge in [0.05, 0.1) is 23.5 Å². The van der Waals surface area contributed by atoms with E-state index in [1.54, 1.807) is 0 Å². The molecule has 0 aliphatic rings. The first-order valence-corrected chi connectivity index (χ1v) is 7.87. The van der Waals surface area contributed by atoms with Crippen molar-refractivity contribution in [1.29, 1.82) is 0 Å². The largest absolute Gasteiger partial charge is 0.396 e. The van der Waals surface area contributed by atoms with E-state index in [4.69, 9.17) is 5.73 Å². The summed E-state index contributed by atoms with van der Waals surface area (Å²) < 4.78 is 51.0. The highest BCUT2D eigenvalue weighted by Crippen LogP contribution is 2.24. The van der Waals surface area contributed by atoms with Gasteiger partial charge in [0.2, 0.25) is 0 Å². The van der Waals surface area contributed by atoms with Crippen molar-refractivity contribution in [3.63, 3.8) is 0 Å². The van der Waals surface area contributed by atoms with Gasteiger partial charge in [0.15, 0.2) is 15.7 Å². The Bertz CT molecular complexity index is 760. The van der Waals surface area contributed by atoms with Gasteiger partial charge in [-0.15, -0.1) is 5.10 Å². The molecule has 0 spiro atoms. The summed E-state index contributed by atoms with van der Waals surface area (Å²) in [5, 5.41) is 10.6. The van der Waals surface area contributed by atoms with Gasteiger partial charge in [-0.05, 0) is 16.5 Å². The van der Waals surface area contributed by atoms with Crippen LogP contribution in [0.3, 0.4) is 0 Å². The lowest BCUT2D eigenvalue weighted by Gasteiger charge is -2.07. The van der Waals surface area contributed by atoms with Crippen LogP contribution in [-0.2, 0) is 16.4 Å². The predicted octanol–water partition coefficient (Wildman–Crippen LogP) is 0.635. The predicted molar refractivity (Wildman–Crippen MR) is 71.9 cm³/mol. The number of nitrogens with zero attached hydrogens (tertiary/aromatic N) is 4. The quantitative estimate of drug-likeness (QED) is 0.811. The molecule has 21 heavy (non-hydrogen) atoms. The summed E-state index contributed by atoms with van der Waals surface area (Å²) in [6, 6.07) is 1.70. The van der Waals surface area contributed by atoms with Gasteiger partial charge < -0.3 is 5.73 Å². The third-order valence-electron chi connectivity index (χ3n) is 2.91. The molecule has 0 radical (unpaired) electrons. The van der Waals surface area contributed by atoms with E-state index in [-0.39, 0.29) is 35.1 Å². The molecule has 0 bridgehead atoms. The highest BCUT2D eigenvalue weighted by atomic mass is 32.2. The smallest absolute Gasteiger partial charge is 0.185 e. The summed E-state index contributed by atoms with van der Waals surface area (Å²) in [5.74, 6) is -1.97. The van der Waals surface area contributed by atoms with Gasteiger partial charge in [0, 0.05) is 11.8 Å². The average molecular weight is 317 g/mol. The monoisotopic (exact) mass is 317 g/mol. The van der Waals surface area contributed by atoms with Crippen LogP contribution in [0.15, 0.2) is 12.1 Å². The molecule has 2 rings (SSSR count). The number of hydrogen-bond acceptors (Lipinski definition) is 6. The van der Waals surface area contributed by atoms with Crippen molar-refractivity contribution >= 4 is 15.5 Å². The maximum absolute atomic E-state index is 13.8. The molecule has 10 heteroatoms. The van der Waals surface area contributed by atoms with Gasteiger partial charge in [0.25, 0.3) is 0 Å². The molecule has 1 aromatic heterocycles. The third-order valence-corrected chi connectivity index (χ3v) is 4.60. The van der Waals surface area contributed by atoms with Crippen LogP contribution in [-0.4, -0.2) is 40.1 Å². The number of hydrogen-bond donors (Lipinski definition) is 1. The number of aryl methyl sites for hydroxylation is 1. The minimum atomic E-state index is -3.21. The fourth-order valence-electron chi connectivity index (χ4n) is 1.66. The van der Waals surface area contributed by atoms with Crippen molar-refractivity contribution in [2.45, 2.75) is 13.5 Å². The fraction of sp³-hybridized carbons (Fsp3) is 0.364. The van der Waals surface area contributed by atoms with E-state index in [0.717, 1.165) is 10.7 Å². The highest BCUT2D eigenvalue weighted by molar-refractivity contribution is 7.91. The second-order valence-electron chi connectivity index (χ2n) is 4.32. The first-order chi connectivity index (χ1) is 9.84. The number of anilines is 1. The fourth-order valence-corrected chi connectivity index (χ4v) is 2.39. The van der Waals surface area contributed by atoms with E-state index < -0.39 is 21.5 Å². The molecule has 0 saturated carbocycles. The Labute approximate surface area is 119 Å². The summed E-state index contributed by atoms with van der Waals surface area (Å²) in [5.41, 5.74) is 5.06. The minimum absolute atomic E-state index is 0.00879. The summed E-state index contributed by atoms with van der Waals surface area (Å²) in [4.78, 5) is 0. The zero-order chi connectivity index (χ0) is 15.6. The van der Waals surface area contributed by atoms with Crippen LogP contribution in [0.1, 0.15) is 6.92 Å². The van der Waals surface area contributed by atoms with Crippen LogP contribution >= 0.6 is 0 Å². The normalized spacial score (nSPS) is 11.8. The van der Waals surface area contributed by atoms with Crippen LogP contribution < -0.4 is 5.73 Å². The lowest BCUT2D eigenvalue weighted by Crippen LogP contribution is -2.16. The molecule has 2 aromatic rings. The Morgan fingerprint density at radius 2 is 2.00 bits per heavy atom. The number of sulfone groups is 1. The van der Waals surface area contributed by atoms with Crippen molar-refractivity contribution in [1.82, 2.24) is 20.2 Å². The van der Waals surface area contributed by atoms with Crippen LogP contribution in [0.4, 0.5) is 14.5 Å². The van der Waals surface area contributed by atoms with Crippen molar-refractivity contribution in [2.75, 3.05) is 17.2 Å². The summed E-state index contributed by atoms with van der Waals surface area (Å²) in [7, 11) is -3.21.